The normalized spacial score (nSPS) is 16.3. The van der Waals surface area contributed by atoms with E-state index in [1.165, 1.54) is 12.1 Å². The topological polar surface area (TPSA) is 65.1 Å². The Morgan fingerprint density at radius 2 is 1.62 bits per heavy atom. The van der Waals surface area contributed by atoms with E-state index in [1.54, 1.807) is 43.9 Å². The predicted molar refractivity (Wildman–Crippen MR) is 158 cm³/mol. The molecular weight excluding hydrogens is 569 g/mol. The SMILES string of the molecule is CCN(CC)CC(c1cccc(C(F)(F)F)c1)N1CCN(C(=O)[C@@H](Cc2ccc(Cl)cc2)NC(=O)OC(C)(C)C)CC1. The molecule has 1 unspecified atom stereocenters. The van der Waals surface area contributed by atoms with Gasteiger partial charge in [0, 0.05) is 50.2 Å². The number of hydrogen-bond acceptors (Lipinski definition) is 5. The van der Waals surface area contributed by atoms with Crippen LogP contribution in [0.4, 0.5) is 18.0 Å². The second kappa shape index (κ2) is 14.6. The number of likely N-dealkylation sites (N-methyl/N-ethyl adjacent to an activating group) is 1. The molecule has 2 amide bonds. The van der Waals surface area contributed by atoms with Crippen molar-refractivity contribution in [3.63, 3.8) is 0 Å². The third-order valence-electron chi connectivity index (χ3n) is 7.33. The van der Waals surface area contributed by atoms with Crippen molar-refractivity contribution in [3.8, 4) is 0 Å². The van der Waals surface area contributed by atoms with E-state index in [0.717, 1.165) is 24.7 Å². The molecule has 2 aromatic carbocycles. The van der Waals surface area contributed by atoms with Crippen LogP contribution in [0.5, 0.6) is 0 Å². The maximum Gasteiger partial charge on any atom is 0.416 e. The Labute approximate surface area is 251 Å². The fraction of sp³-hybridized carbons (Fsp3) is 0.548. The first-order valence-electron chi connectivity index (χ1n) is 14.4. The number of nitrogens with zero attached hydrogens (tertiary/aromatic N) is 3. The minimum absolute atomic E-state index is 0.241. The summed E-state index contributed by atoms with van der Waals surface area (Å²) in [4.78, 5) is 32.4. The van der Waals surface area contributed by atoms with Gasteiger partial charge in [0.05, 0.1) is 5.56 Å². The van der Waals surface area contributed by atoms with Crippen LogP contribution in [0.3, 0.4) is 0 Å². The van der Waals surface area contributed by atoms with Crippen LogP contribution in [-0.2, 0) is 22.1 Å². The zero-order valence-corrected chi connectivity index (χ0v) is 25.8. The van der Waals surface area contributed by atoms with Gasteiger partial charge in [-0.15, -0.1) is 0 Å². The molecule has 0 aliphatic carbocycles. The van der Waals surface area contributed by atoms with Crippen molar-refractivity contribution in [2.24, 2.45) is 0 Å². The molecule has 1 N–H and O–H groups in total. The molecule has 2 aromatic rings. The van der Waals surface area contributed by atoms with E-state index in [-0.39, 0.29) is 18.4 Å². The van der Waals surface area contributed by atoms with E-state index < -0.39 is 29.5 Å². The number of halogens is 4. The monoisotopic (exact) mass is 610 g/mol. The van der Waals surface area contributed by atoms with Gasteiger partial charge in [-0.1, -0.05) is 49.7 Å². The lowest BCUT2D eigenvalue weighted by Crippen LogP contribution is -2.57. The minimum Gasteiger partial charge on any atom is -0.444 e. The van der Waals surface area contributed by atoms with Gasteiger partial charge in [-0.05, 0) is 69.3 Å². The first-order chi connectivity index (χ1) is 19.7. The fourth-order valence-corrected chi connectivity index (χ4v) is 5.19. The molecule has 1 fully saturated rings. The predicted octanol–water partition coefficient (Wildman–Crippen LogP) is 6.02. The van der Waals surface area contributed by atoms with E-state index in [9.17, 15) is 22.8 Å². The number of nitrogens with one attached hydrogen (secondary N) is 1. The summed E-state index contributed by atoms with van der Waals surface area (Å²) in [5.74, 6) is -0.241. The molecule has 0 saturated carbocycles. The molecule has 0 radical (unpaired) electrons. The average Bonchev–Trinajstić information content (AvgIpc) is 2.93. The summed E-state index contributed by atoms with van der Waals surface area (Å²) >= 11 is 6.03. The number of piperazine rings is 1. The van der Waals surface area contributed by atoms with Crippen molar-refractivity contribution < 1.29 is 27.5 Å². The van der Waals surface area contributed by atoms with Gasteiger partial charge in [-0.25, -0.2) is 4.79 Å². The maximum atomic E-state index is 13.7. The van der Waals surface area contributed by atoms with E-state index in [4.69, 9.17) is 16.3 Å². The van der Waals surface area contributed by atoms with Crippen molar-refractivity contribution in [1.29, 1.82) is 0 Å². The lowest BCUT2D eigenvalue weighted by molar-refractivity contribution is -0.138. The van der Waals surface area contributed by atoms with Gasteiger partial charge >= 0.3 is 12.3 Å². The molecule has 1 aliphatic heterocycles. The molecular formula is C31H42ClF3N4O3. The van der Waals surface area contributed by atoms with E-state index in [2.05, 4.69) is 15.1 Å². The number of ether oxygens (including phenoxy) is 1. The highest BCUT2D eigenvalue weighted by atomic mass is 35.5. The first kappa shape index (κ1) is 33.7. The Balaban J connectivity index is 1.78. The number of alkyl carbamates (subject to hydrolysis) is 1. The molecule has 1 aliphatic rings. The lowest BCUT2D eigenvalue weighted by Gasteiger charge is -2.42. The minimum atomic E-state index is -4.43. The largest absolute Gasteiger partial charge is 0.444 e. The highest BCUT2D eigenvalue weighted by molar-refractivity contribution is 6.30. The van der Waals surface area contributed by atoms with Crippen molar-refractivity contribution >= 4 is 23.6 Å². The lowest BCUT2D eigenvalue weighted by atomic mass is 10.00. The van der Waals surface area contributed by atoms with Crippen molar-refractivity contribution in [3.05, 3.63) is 70.2 Å². The van der Waals surface area contributed by atoms with E-state index in [0.29, 0.717) is 43.3 Å². The van der Waals surface area contributed by atoms with Gasteiger partial charge in [-0.3, -0.25) is 9.69 Å². The Kier molecular flexibility index (Phi) is 11.7. The smallest absolute Gasteiger partial charge is 0.416 e. The van der Waals surface area contributed by atoms with Crippen molar-refractivity contribution in [1.82, 2.24) is 20.0 Å². The number of rotatable bonds is 10. The Hall–Kier alpha value is -2.82. The van der Waals surface area contributed by atoms with Crippen LogP contribution in [0, 0.1) is 0 Å². The second-order valence-corrected chi connectivity index (χ2v) is 12.0. The van der Waals surface area contributed by atoms with Crippen LogP contribution >= 0.6 is 11.6 Å². The third kappa shape index (κ3) is 9.88. The summed E-state index contributed by atoms with van der Waals surface area (Å²) in [6.45, 7) is 13.1. The number of carbonyl (C=O) groups is 2. The van der Waals surface area contributed by atoms with Crippen LogP contribution in [-0.4, -0.2) is 84.2 Å². The Morgan fingerprint density at radius 1 is 1.00 bits per heavy atom. The Bertz CT molecular complexity index is 1180. The molecule has 0 aromatic heterocycles. The van der Waals surface area contributed by atoms with Gasteiger partial charge in [0.2, 0.25) is 5.91 Å². The van der Waals surface area contributed by atoms with Crippen LogP contribution in [0.1, 0.15) is 57.4 Å². The van der Waals surface area contributed by atoms with Crippen LogP contribution in [0.2, 0.25) is 5.02 Å². The molecule has 0 bridgehead atoms. The number of carbonyl (C=O) groups excluding carboxylic acids is 2. The quantitative estimate of drug-likeness (QED) is 0.356. The summed E-state index contributed by atoms with van der Waals surface area (Å²) in [5.41, 5.74) is 0.0315. The first-order valence-corrected chi connectivity index (χ1v) is 14.7. The van der Waals surface area contributed by atoms with Gasteiger partial charge in [0.15, 0.2) is 0 Å². The highest BCUT2D eigenvalue weighted by Crippen LogP contribution is 2.32. The van der Waals surface area contributed by atoms with Gasteiger partial charge in [0.1, 0.15) is 11.6 Å². The number of hydrogen-bond donors (Lipinski definition) is 1. The summed E-state index contributed by atoms with van der Waals surface area (Å²) < 4.78 is 46.0. The average molecular weight is 611 g/mol. The summed E-state index contributed by atoms with van der Waals surface area (Å²) in [5, 5.41) is 3.31. The molecule has 2 atom stereocenters. The maximum absolute atomic E-state index is 13.7. The van der Waals surface area contributed by atoms with E-state index >= 15 is 0 Å². The van der Waals surface area contributed by atoms with Crippen LogP contribution in [0.15, 0.2) is 48.5 Å². The zero-order chi connectivity index (χ0) is 31.1. The summed E-state index contributed by atoms with van der Waals surface area (Å²) in [6, 6.07) is 11.5. The summed E-state index contributed by atoms with van der Waals surface area (Å²) in [6.07, 6.45) is -4.86. The molecule has 3 rings (SSSR count). The van der Waals surface area contributed by atoms with Crippen LogP contribution < -0.4 is 5.32 Å². The number of amides is 2. The molecule has 1 heterocycles. The van der Waals surface area contributed by atoms with Gasteiger partial charge in [-0.2, -0.15) is 13.2 Å². The van der Waals surface area contributed by atoms with Crippen molar-refractivity contribution in [2.45, 2.75) is 64.9 Å². The fourth-order valence-electron chi connectivity index (χ4n) is 5.06. The Morgan fingerprint density at radius 3 is 2.17 bits per heavy atom. The molecule has 1 saturated heterocycles. The number of benzene rings is 2. The van der Waals surface area contributed by atoms with E-state index in [1.807, 2.05) is 26.0 Å². The van der Waals surface area contributed by atoms with Crippen LogP contribution in [0.25, 0.3) is 0 Å². The van der Waals surface area contributed by atoms with Gasteiger partial charge in [0.25, 0.3) is 0 Å². The molecule has 42 heavy (non-hydrogen) atoms. The third-order valence-corrected chi connectivity index (χ3v) is 7.59. The van der Waals surface area contributed by atoms with Gasteiger partial charge < -0.3 is 19.9 Å². The molecule has 232 valence electrons. The molecule has 7 nitrogen and oxygen atoms in total. The zero-order valence-electron chi connectivity index (χ0n) is 25.0. The standard InChI is InChI=1S/C31H42ClF3N4O3/c1-6-37(7-2)21-27(23-9-8-10-24(20-23)31(33,34)35)38-15-17-39(18-16-38)28(40)26(36-29(41)42-30(3,4)5)19-22-11-13-25(32)14-12-22/h8-14,20,26-27H,6-7,15-19,21H2,1-5H3,(H,36,41)/t26-,27?/m1/s1. The summed E-state index contributed by atoms with van der Waals surface area (Å²) in [7, 11) is 0. The molecule has 0 spiro atoms. The van der Waals surface area contributed by atoms with Crippen molar-refractivity contribution in [2.75, 3.05) is 45.8 Å². The molecule has 11 heteroatoms. The highest BCUT2D eigenvalue weighted by Gasteiger charge is 2.35. The number of alkyl halides is 3. The second-order valence-electron chi connectivity index (χ2n) is 11.5.